The molecule has 2 heterocycles. The highest BCUT2D eigenvalue weighted by Gasteiger charge is 2.18. The van der Waals surface area contributed by atoms with Crippen molar-refractivity contribution in [3.8, 4) is 11.4 Å². The first-order chi connectivity index (χ1) is 13.7. The highest BCUT2D eigenvalue weighted by Crippen LogP contribution is 2.28. The number of amides is 1. The quantitative estimate of drug-likeness (QED) is 0.619. The Bertz CT molecular complexity index is 949. The van der Waals surface area contributed by atoms with Crippen LogP contribution in [0.4, 0.5) is 0 Å². The summed E-state index contributed by atoms with van der Waals surface area (Å²) in [7, 11) is 1.65. The fourth-order valence-electron chi connectivity index (χ4n) is 3.30. The first-order valence-corrected chi connectivity index (χ1v) is 10.4. The van der Waals surface area contributed by atoms with Gasteiger partial charge >= 0.3 is 0 Å². The number of rotatable bonds is 7. The van der Waals surface area contributed by atoms with Gasteiger partial charge in [-0.25, -0.2) is 4.98 Å². The van der Waals surface area contributed by atoms with Crippen molar-refractivity contribution in [3.05, 3.63) is 48.5 Å². The number of carbonyl (C=O) groups is 1. The molecule has 1 aromatic heterocycles. The zero-order valence-electron chi connectivity index (χ0n) is 15.8. The third-order valence-corrected chi connectivity index (χ3v) is 5.68. The minimum atomic E-state index is -0.00571. The van der Waals surface area contributed by atoms with Gasteiger partial charge in [0.25, 0.3) is 0 Å². The van der Waals surface area contributed by atoms with Crippen molar-refractivity contribution in [1.82, 2.24) is 14.9 Å². The van der Waals surface area contributed by atoms with Crippen molar-refractivity contribution in [2.75, 3.05) is 26.0 Å². The summed E-state index contributed by atoms with van der Waals surface area (Å²) in [5.41, 5.74) is 2.90. The molecule has 0 radical (unpaired) electrons. The minimum Gasteiger partial charge on any atom is -0.497 e. The predicted molar refractivity (Wildman–Crippen MR) is 110 cm³/mol. The van der Waals surface area contributed by atoms with Gasteiger partial charge in [-0.3, -0.25) is 9.36 Å². The maximum Gasteiger partial charge on any atom is 0.230 e. The van der Waals surface area contributed by atoms with E-state index in [0.717, 1.165) is 47.1 Å². The largest absolute Gasteiger partial charge is 0.497 e. The van der Waals surface area contributed by atoms with E-state index >= 15 is 0 Å². The van der Waals surface area contributed by atoms with E-state index in [0.29, 0.717) is 12.3 Å². The van der Waals surface area contributed by atoms with Crippen LogP contribution in [0.1, 0.15) is 12.8 Å². The van der Waals surface area contributed by atoms with Crippen molar-refractivity contribution in [2.24, 2.45) is 0 Å². The zero-order chi connectivity index (χ0) is 19.3. The van der Waals surface area contributed by atoms with Crippen LogP contribution in [-0.2, 0) is 9.53 Å². The van der Waals surface area contributed by atoms with E-state index in [2.05, 4.69) is 9.88 Å². The van der Waals surface area contributed by atoms with Crippen LogP contribution in [0.5, 0.6) is 5.75 Å². The number of nitrogens with zero attached hydrogens (tertiary/aromatic N) is 2. The van der Waals surface area contributed by atoms with Gasteiger partial charge in [0, 0.05) is 18.8 Å². The predicted octanol–water partition coefficient (Wildman–Crippen LogP) is 3.42. The van der Waals surface area contributed by atoms with Crippen LogP contribution in [0.25, 0.3) is 16.7 Å². The third-order valence-electron chi connectivity index (χ3n) is 4.74. The Hall–Kier alpha value is -2.51. The first-order valence-electron chi connectivity index (χ1n) is 9.37. The molecule has 7 heteroatoms. The molecule has 0 bridgehead atoms. The van der Waals surface area contributed by atoms with E-state index in [4.69, 9.17) is 14.5 Å². The molecule has 1 aliphatic rings. The van der Waals surface area contributed by atoms with E-state index in [-0.39, 0.29) is 12.0 Å². The highest BCUT2D eigenvalue weighted by atomic mass is 32.2. The normalized spacial score (nSPS) is 16.4. The molecule has 1 aliphatic heterocycles. The summed E-state index contributed by atoms with van der Waals surface area (Å²) in [6.45, 7) is 1.37. The number of hydrogen-bond acceptors (Lipinski definition) is 5. The smallest absolute Gasteiger partial charge is 0.230 e. The number of methoxy groups -OCH3 is 1. The molecule has 1 N–H and O–H groups in total. The van der Waals surface area contributed by atoms with Crippen molar-refractivity contribution in [1.29, 1.82) is 0 Å². The summed E-state index contributed by atoms with van der Waals surface area (Å²) in [4.78, 5) is 17.0. The fourth-order valence-corrected chi connectivity index (χ4v) is 4.15. The minimum absolute atomic E-state index is 0.00571. The van der Waals surface area contributed by atoms with Crippen molar-refractivity contribution < 1.29 is 14.3 Å². The van der Waals surface area contributed by atoms with Crippen molar-refractivity contribution in [2.45, 2.75) is 24.1 Å². The van der Waals surface area contributed by atoms with Gasteiger partial charge in [0.15, 0.2) is 5.16 Å². The van der Waals surface area contributed by atoms with Crippen LogP contribution in [0.3, 0.4) is 0 Å². The molecular formula is C21H23N3O3S. The van der Waals surface area contributed by atoms with Crippen LogP contribution < -0.4 is 10.1 Å². The standard InChI is InChI=1S/C21H23N3O3S/c1-26-16-10-8-15(9-11-16)24-19-7-3-2-6-18(19)23-21(24)28-14-20(25)22-13-17-5-4-12-27-17/h2-3,6-11,17H,4-5,12-14H2,1H3,(H,22,25)/t17-/m0/s1. The van der Waals surface area contributed by atoms with Crippen LogP contribution in [0.2, 0.25) is 0 Å². The number of aromatic nitrogens is 2. The van der Waals surface area contributed by atoms with Crippen LogP contribution in [0, 0.1) is 0 Å². The van der Waals surface area contributed by atoms with E-state index < -0.39 is 0 Å². The molecule has 28 heavy (non-hydrogen) atoms. The summed E-state index contributed by atoms with van der Waals surface area (Å²) in [5.74, 6) is 1.11. The number of nitrogens with one attached hydrogen (secondary N) is 1. The van der Waals surface area contributed by atoms with Gasteiger partial charge in [-0.15, -0.1) is 0 Å². The second kappa shape index (κ2) is 8.67. The number of ether oxygens (including phenoxy) is 2. The molecule has 1 atom stereocenters. The Morgan fingerprint density at radius 2 is 2.11 bits per heavy atom. The first kappa shape index (κ1) is 18.8. The van der Waals surface area contributed by atoms with Crippen molar-refractivity contribution in [3.63, 3.8) is 0 Å². The fraction of sp³-hybridized carbons (Fsp3) is 0.333. The zero-order valence-corrected chi connectivity index (χ0v) is 16.6. The lowest BCUT2D eigenvalue weighted by atomic mass is 10.2. The average Bonchev–Trinajstić information content (AvgIpc) is 3.38. The maximum absolute atomic E-state index is 12.3. The molecule has 0 saturated carbocycles. The number of imidazole rings is 1. The second-order valence-corrected chi connectivity index (χ2v) is 7.59. The summed E-state index contributed by atoms with van der Waals surface area (Å²) in [6, 6.07) is 15.8. The van der Waals surface area contributed by atoms with Gasteiger partial charge in [-0.05, 0) is 49.2 Å². The Balaban J connectivity index is 1.51. The lowest BCUT2D eigenvalue weighted by molar-refractivity contribution is -0.119. The molecule has 0 spiro atoms. The van der Waals surface area contributed by atoms with Crippen LogP contribution in [-0.4, -0.2) is 47.6 Å². The second-order valence-electron chi connectivity index (χ2n) is 6.64. The van der Waals surface area contributed by atoms with Gasteiger partial charge in [-0.1, -0.05) is 23.9 Å². The van der Waals surface area contributed by atoms with Gasteiger partial charge in [0.05, 0.1) is 30.0 Å². The van der Waals surface area contributed by atoms with E-state index in [1.54, 1.807) is 7.11 Å². The molecule has 0 unspecified atom stereocenters. The third kappa shape index (κ3) is 4.15. The summed E-state index contributed by atoms with van der Waals surface area (Å²) in [5, 5.41) is 3.75. The Morgan fingerprint density at radius 3 is 2.86 bits per heavy atom. The van der Waals surface area contributed by atoms with Gasteiger partial charge in [-0.2, -0.15) is 0 Å². The lowest BCUT2D eigenvalue weighted by Gasteiger charge is -2.11. The van der Waals surface area contributed by atoms with Gasteiger partial charge < -0.3 is 14.8 Å². The molecule has 1 fully saturated rings. The number of fused-ring (bicyclic) bond motifs is 1. The molecule has 4 rings (SSSR count). The number of carbonyl (C=O) groups excluding carboxylic acids is 1. The maximum atomic E-state index is 12.3. The SMILES string of the molecule is COc1ccc(-n2c(SCC(=O)NC[C@@H]3CCCO3)nc3ccccc32)cc1. The highest BCUT2D eigenvalue weighted by molar-refractivity contribution is 7.99. The van der Waals surface area contributed by atoms with Crippen LogP contribution >= 0.6 is 11.8 Å². The van der Waals surface area contributed by atoms with E-state index in [1.807, 2.05) is 48.5 Å². The summed E-state index contributed by atoms with van der Waals surface area (Å²) < 4.78 is 12.9. The summed E-state index contributed by atoms with van der Waals surface area (Å²) in [6.07, 6.45) is 2.24. The Labute approximate surface area is 168 Å². The Kier molecular flexibility index (Phi) is 5.83. The van der Waals surface area contributed by atoms with E-state index in [9.17, 15) is 4.79 Å². The molecule has 146 valence electrons. The molecule has 0 aliphatic carbocycles. The molecule has 3 aromatic rings. The van der Waals surface area contributed by atoms with Crippen LogP contribution in [0.15, 0.2) is 53.7 Å². The van der Waals surface area contributed by atoms with Crippen molar-refractivity contribution >= 4 is 28.7 Å². The van der Waals surface area contributed by atoms with Gasteiger partial charge in [0.2, 0.25) is 5.91 Å². The van der Waals surface area contributed by atoms with Gasteiger partial charge in [0.1, 0.15) is 5.75 Å². The average molecular weight is 398 g/mol. The molecule has 6 nitrogen and oxygen atoms in total. The topological polar surface area (TPSA) is 65.4 Å². The molecule has 1 amide bonds. The number of benzene rings is 2. The monoisotopic (exact) mass is 397 g/mol. The Morgan fingerprint density at radius 1 is 1.29 bits per heavy atom. The molecule has 2 aromatic carbocycles. The number of thioether (sulfide) groups is 1. The number of hydrogen-bond donors (Lipinski definition) is 1. The number of para-hydroxylation sites is 2. The summed E-state index contributed by atoms with van der Waals surface area (Å²) >= 11 is 1.44. The van der Waals surface area contributed by atoms with E-state index in [1.165, 1.54) is 11.8 Å². The molecule has 1 saturated heterocycles. The molecular weight excluding hydrogens is 374 g/mol. The lowest BCUT2D eigenvalue weighted by Crippen LogP contribution is -2.32.